The molecule has 0 aromatic carbocycles. The topological polar surface area (TPSA) is 32.3 Å². The van der Waals surface area contributed by atoms with Gasteiger partial charge in [-0.2, -0.15) is 0 Å². The van der Waals surface area contributed by atoms with Crippen LogP contribution in [0.2, 0.25) is 0 Å². The molecule has 1 N–H and O–H groups in total. The van der Waals surface area contributed by atoms with Gasteiger partial charge in [-0.15, -0.1) is 0 Å². The van der Waals surface area contributed by atoms with E-state index in [2.05, 4.69) is 19.2 Å². The third-order valence-corrected chi connectivity index (χ3v) is 2.90. The maximum atomic E-state index is 11.6. The Morgan fingerprint density at radius 3 is 2.58 bits per heavy atom. The van der Waals surface area contributed by atoms with E-state index in [-0.39, 0.29) is 11.9 Å². The smallest absolute Gasteiger partial charge is 0.239 e. The van der Waals surface area contributed by atoms with Gasteiger partial charge in [0.05, 0.1) is 6.04 Å². The fourth-order valence-corrected chi connectivity index (χ4v) is 1.51. The summed E-state index contributed by atoms with van der Waals surface area (Å²) in [6.45, 7) is 7.11. The molecule has 3 heteroatoms. The Bertz CT molecular complexity index is 181. The SMILES string of the molecule is CC1NCC(C)C(C)N(C)C1=O. The Morgan fingerprint density at radius 2 is 2.00 bits per heavy atom. The Hall–Kier alpha value is -0.570. The second-order valence-electron chi connectivity index (χ2n) is 3.80. The Kier molecular flexibility index (Phi) is 2.73. The average Bonchev–Trinajstić information content (AvgIpc) is 2.14. The monoisotopic (exact) mass is 170 g/mol. The number of hydrogen-bond acceptors (Lipinski definition) is 2. The Labute approximate surface area is 74.1 Å². The van der Waals surface area contributed by atoms with E-state index < -0.39 is 0 Å². The van der Waals surface area contributed by atoms with Crippen molar-refractivity contribution in [2.45, 2.75) is 32.9 Å². The molecule has 0 bridgehead atoms. The molecule has 1 amide bonds. The molecule has 1 fully saturated rings. The molecule has 0 aromatic heterocycles. The first-order chi connectivity index (χ1) is 5.54. The first-order valence-corrected chi connectivity index (χ1v) is 4.54. The first kappa shape index (κ1) is 9.52. The van der Waals surface area contributed by atoms with Crippen molar-refractivity contribution in [3.05, 3.63) is 0 Å². The average molecular weight is 170 g/mol. The molecule has 70 valence electrons. The lowest BCUT2D eigenvalue weighted by atomic mass is 10.0. The molecular weight excluding hydrogens is 152 g/mol. The highest BCUT2D eigenvalue weighted by Crippen LogP contribution is 2.13. The van der Waals surface area contributed by atoms with E-state index in [1.807, 2.05) is 18.9 Å². The molecule has 12 heavy (non-hydrogen) atoms. The van der Waals surface area contributed by atoms with Crippen molar-refractivity contribution in [1.29, 1.82) is 0 Å². The molecule has 1 rings (SSSR count). The normalized spacial score (nSPS) is 38.2. The quantitative estimate of drug-likeness (QED) is 0.573. The second-order valence-corrected chi connectivity index (χ2v) is 3.80. The maximum Gasteiger partial charge on any atom is 0.239 e. The van der Waals surface area contributed by atoms with Crippen LogP contribution in [-0.2, 0) is 4.79 Å². The van der Waals surface area contributed by atoms with Gasteiger partial charge in [0, 0.05) is 19.6 Å². The van der Waals surface area contributed by atoms with Crippen LogP contribution < -0.4 is 5.32 Å². The summed E-state index contributed by atoms with van der Waals surface area (Å²) in [5, 5.41) is 3.21. The zero-order valence-electron chi connectivity index (χ0n) is 8.29. The predicted molar refractivity (Wildman–Crippen MR) is 48.9 cm³/mol. The summed E-state index contributed by atoms with van der Waals surface area (Å²) in [7, 11) is 1.88. The highest BCUT2D eigenvalue weighted by Gasteiger charge is 2.28. The van der Waals surface area contributed by atoms with E-state index >= 15 is 0 Å². The highest BCUT2D eigenvalue weighted by molar-refractivity contribution is 5.81. The van der Waals surface area contributed by atoms with E-state index in [4.69, 9.17) is 0 Å². The summed E-state index contributed by atoms with van der Waals surface area (Å²) in [6, 6.07) is 0.317. The lowest BCUT2D eigenvalue weighted by Crippen LogP contribution is -2.42. The lowest BCUT2D eigenvalue weighted by molar-refractivity contribution is -0.132. The van der Waals surface area contributed by atoms with Crippen molar-refractivity contribution < 1.29 is 4.79 Å². The fraction of sp³-hybridized carbons (Fsp3) is 0.889. The Balaban J connectivity index is 2.75. The van der Waals surface area contributed by atoms with Gasteiger partial charge < -0.3 is 10.2 Å². The van der Waals surface area contributed by atoms with Crippen LogP contribution in [0.1, 0.15) is 20.8 Å². The first-order valence-electron chi connectivity index (χ1n) is 4.54. The maximum absolute atomic E-state index is 11.6. The molecule has 3 unspecified atom stereocenters. The van der Waals surface area contributed by atoms with Gasteiger partial charge in [0.2, 0.25) is 5.91 Å². The molecule has 3 atom stereocenters. The number of carbonyl (C=O) groups excluding carboxylic acids is 1. The summed E-state index contributed by atoms with van der Waals surface area (Å²) in [5.74, 6) is 0.732. The third kappa shape index (κ3) is 1.61. The molecule has 1 heterocycles. The third-order valence-electron chi connectivity index (χ3n) is 2.90. The van der Waals surface area contributed by atoms with Gasteiger partial charge in [-0.1, -0.05) is 6.92 Å². The molecular formula is C9H18N2O. The molecule has 0 spiro atoms. The van der Waals surface area contributed by atoms with Gasteiger partial charge in [0.15, 0.2) is 0 Å². The minimum absolute atomic E-state index is 0.0256. The summed E-state index contributed by atoms with van der Waals surface area (Å²) in [4.78, 5) is 13.4. The molecule has 1 saturated heterocycles. The number of amides is 1. The summed E-state index contributed by atoms with van der Waals surface area (Å²) >= 11 is 0. The van der Waals surface area contributed by atoms with Crippen molar-refractivity contribution in [3.8, 4) is 0 Å². The summed E-state index contributed by atoms with van der Waals surface area (Å²) in [5.41, 5.74) is 0. The van der Waals surface area contributed by atoms with Crippen LogP contribution in [0.5, 0.6) is 0 Å². The van der Waals surface area contributed by atoms with E-state index in [9.17, 15) is 4.79 Å². The summed E-state index contributed by atoms with van der Waals surface area (Å²) < 4.78 is 0. The minimum Gasteiger partial charge on any atom is -0.341 e. The number of rotatable bonds is 0. The van der Waals surface area contributed by atoms with Gasteiger partial charge in [0.1, 0.15) is 0 Å². The number of likely N-dealkylation sites (N-methyl/N-ethyl adjacent to an activating group) is 1. The van der Waals surface area contributed by atoms with Crippen molar-refractivity contribution in [2.24, 2.45) is 5.92 Å². The van der Waals surface area contributed by atoms with Crippen LogP contribution in [0.3, 0.4) is 0 Å². The predicted octanol–water partition coefficient (Wildman–Crippen LogP) is 0.461. The van der Waals surface area contributed by atoms with Crippen molar-refractivity contribution in [2.75, 3.05) is 13.6 Å². The largest absolute Gasteiger partial charge is 0.341 e. The van der Waals surface area contributed by atoms with E-state index in [0.29, 0.717) is 12.0 Å². The van der Waals surface area contributed by atoms with Gasteiger partial charge in [-0.3, -0.25) is 4.79 Å². The second kappa shape index (κ2) is 3.44. The molecule has 3 nitrogen and oxygen atoms in total. The molecule has 0 aromatic rings. The molecule has 0 aliphatic carbocycles. The van der Waals surface area contributed by atoms with E-state index in [0.717, 1.165) is 6.54 Å². The van der Waals surface area contributed by atoms with Gasteiger partial charge in [-0.25, -0.2) is 0 Å². The zero-order valence-corrected chi connectivity index (χ0v) is 8.29. The van der Waals surface area contributed by atoms with E-state index in [1.54, 1.807) is 0 Å². The van der Waals surface area contributed by atoms with E-state index in [1.165, 1.54) is 0 Å². The number of carbonyl (C=O) groups is 1. The lowest BCUT2D eigenvalue weighted by Gasteiger charge is -2.26. The minimum atomic E-state index is -0.0256. The number of nitrogens with one attached hydrogen (secondary N) is 1. The number of hydrogen-bond donors (Lipinski definition) is 1. The van der Waals surface area contributed by atoms with Gasteiger partial charge >= 0.3 is 0 Å². The van der Waals surface area contributed by atoms with Crippen molar-refractivity contribution >= 4 is 5.91 Å². The highest BCUT2D eigenvalue weighted by atomic mass is 16.2. The Morgan fingerprint density at radius 1 is 1.42 bits per heavy atom. The van der Waals surface area contributed by atoms with Gasteiger partial charge in [-0.05, 0) is 19.8 Å². The van der Waals surface area contributed by atoms with Crippen molar-refractivity contribution in [1.82, 2.24) is 10.2 Å². The molecule has 0 saturated carbocycles. The van der Waals surface area contributed by atoms with Crippen LogP contribution in [0.15, 0.2) is 0 Å². The van der Waals surface area contributed by atoms with Crippen LogP contribution >= 0.6 is 0 Å². The number of nitrogens with zero attached hydrogens (tertiary/aromatic N) is 1. The van der Waals surface area contributed by atoms with Crippen LogP contribution in [0.4, 0.5) is 0 Å². The van der Waals surface area contributed by atoms with Crippen LogP contribution in [-0.4, -0.2) is 36.5 Å². The fourth-order valence-electron chi connectivity index (χ4n) is 1.51. The van der Waals surface area contributed by atoms with Crippen LogP contribution in [0, 0.1) is 5.92 Å². The van der Waals surface area contributed by atoms with Crippen molar-refractivity contribution in [3.63, 3.8) is 0 Å². The summed E-state index contributed by atoms with van der Waals surface area (Å²) in [6.07, 6.45) is 0. The standard InChI is InChI=1S/C9H18N2O/c1-6-5-10-7(2)9(12)11(4)8(6)3/h6-8,10H,5H2,1-4H3. The molecule has 1 aliphatic heterocycles. The molecule has 1 aliphatic rings. The van der Waals surface area contributed by atoms with Gasteiger partial charge in [0.25, 0.3) is 0 Å². The molecule has 0 radical (unpaired) electrons. The van der Waals surface area contributed by atoms with Crippen LogP contribution in [0.25, 0.3) is 0 Å². The zero-order chi connectivity index (χ0) is 9.30.